The van der Waals surface area contributed by atoms with Crippen LogP contribution in [0.15, 0.2) is 24.3 Å². The summed E-state index contributed by atoms with van der Waals surface area (Å²) < 4.78 is 0. The highest BCUT2D eigenvalue weighted by atomic mass is 16.4. The highest BCUT2D eigenvalue weighted by Gasteiger charge is 2.34. The van der Waals surface area contributed by atoms with Crippen molar-refractivity contribution in [3.8, 4) is 0 Å². The molecule has 4 heteroatoms. The summed E-state index contributed by atoms with van der Waals surface area (Å²) in [4.78, 5) is 24.0. The summed E-state index contributed by atoms with van der Waals surface area (Å²) in [5.74, 6) is -1.59. The average molecular weight is 219 g/mol. The third kappa shape index (κ3) is 1.91. The molecular formula is C12H13NO3. The SMILES string of the molecule is Cc1ccc(N2C[C@@H](C(=O)O)CC2=O)cc1. The Morgan fingerprint density at radius 2 is 2.00 bits per heavy atom. The summed E-state index contributed by atoms with van der Waals surface area (Å²) in [7, 11) is 0. The number of anilines is 1. The maximum atomic E-state index is 11.6. The fourth-order valence-electron chi connectivity index (χ4n) is 1.85. The molecule has 0 bridgehead atoms. The van der Waals surface area contributed by atoms with Gasteiger partial charge in [-0.15, -0.1) is 0 Å². The fraction of sp³-hybridized carbons (Fsp3) is 0.333. The van der Waals surface area contributed by atoms with E-state index < -0.39 is 11.9 Å². The zero-order chi connectivity index (χ0) is 11.7. The largest absolute Gasteiger partial charge is 0.481 e. The van der Waals surface area contributed by atoms with E-state index in [9.17, 15) is 9.59 Å². The van der Waals surface area contributed by atoms with Gasteiger partial charge in [-0.1, -0.05) is 17.7 Å². The lowest BCUT2D eigenvalue weighted by molar-refractivity contribution is -0.141. The van der Waals surface area contributed by atoms with Crippen LogP contribution in [0.25, 0.3) is 0 Å². The van der Waals surface area contributed by atoms with E-state index in [1.54, 1.807) is 0 Å². The van der Waals surface area contributed by atoms with Crippen LogP contribution >= 0.6 is 0 Å². The molecule has 1 saturated heterocycles. The topological polar surface area (TPSA) is 57.6 Å². The summed E-state index contributed by atoms with van der Waals surface area (Å²) in [6.07, 6.45) is 0.100. The molecule has 1 aromatic carbocycles. The number of rotatable bonds is 2. The lowest BCUT2D eigenvalue weighted by Gasteiger charge is -2.16. The minimum Gasteiger partial charge on any atom is -0.481 e. The van der Waals surface area contributed by atoms with Gasteiger partial charge in [0.2, 0.25) is 5.91 Å². The quantitative estimate of drug-likeness (QED) is 0.818. The third-order valence-electron chi connectivity index (χ3n) is 2.82. The van der Waals surface area contributed by atoms with Crippen molar-refractivity contribution in [2.24, 2.45) is 5.92 Å². The molecule has 1 aliphatic rings. The molecule has 84 valence electrons. The molecule has 0 spiro atoms. The van der Waals surface area contributed by atoms with E-state index in [4.69, 9.17) is 5.11 Å². The smallest absolute Gasteiger partial charge is 0.308 e. The monoisotopic (exact) mass is 219 g/mol. The Labute approximate surface area is 93.5 Å². The van der Waals surface area contributed by atoms with E-state index in [1.807, 2.05) is 31.2 Å². The van der Waals surface area contributed by atoms with Gasteiger partial charge < -0.3 is 10.0 Å². The van der Waals surface area contributed by atoms with Gasteiger partial charge in [0.25, 0.3) is 0 Å². The number of carbonyl (C=O) groups is 2. The zero-order valence-corrected chi connectivity index (χ0v) is 9.01. The zero-order valence-electron chi connectivity index (χ0n) is 9.01. The Hall–Kier alpha value is -1.84. The lowest BCUT2D eigenvalue weighted by Crippen LogP contribution is -2.25. The van der Waals surface area contributed by atoms with Gasteiger partial charge in [0, 0.05) is 18.7 Å². The number of benzene rings is 1. The van der Waals surface area contributed by atoms with Crippen molar-refractivity contribution in [2.75, 3.05) is 11.4 Å². The molecule has 16 heavy (non-hydrogen) atoms. The van der Waals surface area contributed by atoms with Gasteiger partial charge in [-0.3, -0.25) is 9.59 Å². The molecule has 1 aromatic rings. The molecule has 0 radical (unpaired) electrons. The van der Waals surface area contributed by atoms with Gasteiger partial charge in [-0.2, -0.15) is 0 Å². The number of carbonyl (C=O) groups excluding carboxylic acids is 1. The summed E-state index contributed by atoms with van der Waals surface area (Å²) >= 11 is 0. The van der Waals surface area contributed by atoms with Gasteiger partial charge >= 0.3 is 5.97 Å². The van der Waals surface area contributed by atoms with Crippen molar-refractivity contribution in [2.45, 2.75) is 13.3 Å². The van der Waals surface area contributed by atoms with Gasteiger partial charge in [-0.05, 0) is 19.1 Å². The summed E-state index contributed by atoms with van der Waals surface area (Å²) in [6.45, 7) is 2.24. The second-order valence-electron chi connectivity index (χ2n) is 4.08. The van der Waals surface area contributed by atoms with Crippen LogP contribution < -0.4 is 4.90 Å². The Kier molecular flexibility index (Phi) is 2.64. The first kappa shape index (κ1) is 10.7. The van der Waals surface area contributed by atoms with Crippen molar-refractivity contribution in [3.63, 3.8) is 0 Å². The maximum Gasteiger partial charge on any atom is 0.308 e. The molecule has 1 N–H and O–H groups in total. The minimum absolute atomic E-state index is 0.100. The number of aryl methyl sites for hydroxylation is 1. The predicted molar refractivity (Wildman–Crippen MR) is 59.3 cm³/mol. The molecular weight excluding hydrogens is 206 g/mol. The van der Waals surface area contributed by atoms with E-state index in [0.717, 1.165) is 11.3 Å². The Balaban J connectivity index is 2.20. The first-order valence-electron chi connectivity index (χ1n) is 5.18. The molecule has 1 amide bonds. The van der Waals surface area contributed by atoms with Crippen LogP contribution in [0.5, 0.6) is 0 Å². The number of amides is 1. The lowest BCUT2D eigenvalue weighted by atomic mass is 10.1. The number of nitrogens with zero attached hydrogens (tertiary/aromatic N) is 1. The maximum absolute atomic E-state index is 11.6. The van der Waals surface area contributed by atoms with Crippen LogP contribution in [0.3, 0.4) is 0 Å². The summed E-state index contributed by atoms with van der Waals surface area (Å²) in [6, 6.07) is 7.52. The third-order valence-corrected chi connectivity index (χ3v) is 2.82. The highest BCUT2D eigenvalue weighted by Crippen LogP contribution is 2.25. The Morgan fingerprint density at radius 1 is 1.38 bits per heavy atom. The molecule has 0 aliphatic carbocycles. The summed E-state index contributed by atoms with van der Waals surface area (Å²) in [5.41, 5.74) is 1.89. The summed E-state index contributed by atoms with van der Waals surface area (Å²) in [5, 5.41) is 8.86. The van der Waals surface area contributed by atoms with Crippen molar-refractivity contribution in [1.29, 1.82) is 0 Å². The van der Waals surface area contributed by atoms with Gasteiger partial charge in [0.1, 0.15) is 0 Å². The van der Waals surface area contributed by atoms with Gasteiger partial charge in [0.15, 0.2) is 0 Å². The molecule has 4 nitrogen and oxygen atoms in total. The normalized spacial score (nSPS) is 20.2. The molecule has 0 aromatic heterocycles. The molecule has 1 atom stereocenters. The van der Waals surface area contributed by atoms with Crippen molar-refractivity contribution < 1.29 is 14.7 Å². The average Bonchev–Trinajstić information content (AvgIpc) is 2.62. The van der Waals surface area contributed by atoms with E-state index in [0.29, 0.717) is 0 Å². The standard InChI is InChI=1S/C12H13NO3/c1-8-2-4-10(5-3-8)13-7-9(12(15)16)6-11(13)14/h2-5,9H,6-7H2,1H3,(H,15,16)/t9-/m0/s1. The van der Waals surface area contributed by atoms with Gasteiger partial charge in [-0.25, -0.2) is 0 Å². The van der Waals surface area contributed by atoms with E-state index in [-0.39, 0.29) is 18.9 Å². The van der Waals surface area contributed by atoms with Crippen LogP contribution in [-0.4, -0.2) is 23.5 Å². The predicted octanol–water partition coefficient (Wildman–Crippen LogP) is 1.43. The number of carboxylic acids is 1. The van der Waals surface area contributed by atoms with Crippen LogP contribution in [-0.2, 0) is 9.59 Å². The van der Waals surface area contributed by atoms with Crippen LogP contribution in [0.4, 0.5) is 5.69 Å². The van der Waals surface area contributed by atoms with E-state index >= 15 is 0 Å². The van der Waals surface area contributed by atoms with Crippen molar-refractivity contribution >= 4 is 17.6 Å². The minimum atomic E-state index is -0.900. The second-order valence-corrected chi connectivity index (χ2v) is 4.08. The molecule has 1 aliphatic heterocycles. The highest BCUT2D eigenvalue weighted by molar-refractivity contribution is 5.99. The molecule has 0 unspecified atom stereocenters. The first-order chi connectivity index (χ1) is 7.58. The van der Waals surface area contributed by atoms with Crippen LogP contribution in [0.2, 0.25) is 0 Å². The van der Waals surface area contributed by atoms with Crippen molar-refractivity contribution in [1.82, 2.24) is 0 Å². The van der Waals surface area contributed by atoms with Crippen molar-refractivity contribution in [3.05, 3.63) is 29.8 Å². The molecule has 1 fully saturated rings. The first-order valence-corrected chi connectivity index (χ1v) is 5.18. The number of hydrogen-bond donors (Lipinski definition) is 1. The van der Waals surface area contributed by atoms with Crippen LogP contribution in [0, 0.1) is 12.8 Å². The Morgan fingerprint density at radius 3 is 2.50 bits per heavy atom. The van der Waals surface area contributed by atoms with E-state index in [1.165, 1.54) is 4.90 Å². The van der Waals surface area contributed by atoms with E-state index in [2.05, 4.69) is 0 Å². The second kappa shape index (κ2) is 3.96. The number of carboxylic acid groups (broad SMARTS) is 1. The van der Waals surface area contributed by atoms with Crippen LogP contribution in [0.1, 0.15) is 12.0 Å². The van der Waals surface area contributed by atoms with Gasteiger partial charge in [0.05, 0.1) is 5.92 Å². The molecule has 0 saturated carbocycles. The Bertz CT molecular complexity index is 424. The fourth-order valence-corrected chi connectivity index (χ4v) is 1.85. The molecule has 1 heterocycles. The number of hydrogen-bond acceptors (Lipinski definition) is 2. The molecule has 2 rings (SSSR count). The number of aliphatic carboxylic acids is 1.